The van der Waals surface area contributed by atoms with Crippen LogP contribution in [0.2, 0.25) is 0 Å². The molecular weight excluding hydrogens is 743 g/mol. The number of fused-ring (bicyclic) bond motifs is 4. The van der Waals surface area contributed by atoms with Gasteiger partial charge >= 0.3 is 0 Å². The van der Waals surface area contributed by atoms with E-state index in [1.165, 1.54) is 86.6 Å². The molecule has 1 aromatic heterocycles. The van der Waals surface area contributed by atoms with E-state index in [9.17, 15) is 0 Å². The highest BCUT2D eigenvalue weighted by molar-refractivity contribution is 7.25. The Morgan fingerprint density at radius 2 is 0.700 bits per heavy atom. The number of hydrogen-bond donors (Lipinski definition) is 0. The lowest BCUT2D eigenvalue weighted by molar-refractivity contribution is 1.28. The van der Waals surface area contributed by atoms with Crippen LogP contribution in [0.4, 0.5) is 17.1 Å². The number of hydrogen-bond acceptors (Lipinski definition) is 2. The SMILES string of the molecule is c1ccc(-c2ccc(N(c3ccc(-c4ccc5sc6ccccc6c5c4)cc3)c3ccc(-c4ccccc4-c4cccc(-c5cccc6ccccc56)c4)cc3)cc2)cc1. The van der Waals surface area contributed by atoms with Crippen LogP contribution >= 0.6 is 11.3 Å². The third kappa shape index (κ3) is 6.63. The highest BCUT2D eigenvalue weighted by Gasteiger charge is 2.16. The zero-order chi connectivity index (χ0) is 39.8. The molecule has 1 heterocycles. The second-order valence-electron chi connectivity index (χ2n) is 15.3. The maximum absolute atomic E-state index is 2.36. The largest absolute Gasteiger partial charge is 0.311 e. The number of anilines is 3. The van der Waals surface area contributed by atoms with E-state index < -0.39 is 0 Å². The summed E-state index contributed by atoms with van der Waals surface area (Å²) in [5, 5.41) is 5.16. The molecule has 0 atom stereocenters. The Labute approximate surface area is 354 Å². The lowest BCUT2D eigenvalue weighted by Gasteiger charge is -2.26. The fourth-order valence-corrected chi connectivity index (χ4v) is 9.78. The van der Waals surface area contributed by atoms with Crippen molar-refractivity contribution in [3.63, 3.8) is 0 Å². The molecule has 2 heteroatoms. The Hall–Kier alpha value is -7.52. The zero-order valence-corrected chi connectivity index (χ0v) is 33.7. The highest BCUT2D eigenvalue weighted by Crippen LogP contribution is 2.41. The summed E-state index contributed by atoms with van der Waals surface area (Å²) >= 11 is 1.86. The van der Waals surface area contributed by atoms with Crippen LogP contribution in [-0.2, 0) is 0 Å². The molecule has 0 aliphatic heterocycles. The normalized spacial score (nSPS) is 11.3. The lowest BCUT2D eigenvalue weighted by Crippen LogP contribution is -2.09. The van der Waals surface area contributed by atoms with Crippen molar-refractivity contribution in [3.8, 4) is 55.6 Å². The summed E-state index contributed by atoms with van der Waals surface area (Å²) in [5.41, 5.74) is 15.4. The zero-order valence-electron chi connectivity index (χ0n) is 32.9. The Bertz CT molecular complexity index is 3280. The van der Waals surface area contributed by atoms with E-state index in [1.54, 1.807) is 0 Å². The second kappa shape index (κ2) is 15.3. The first-order chi connectivity index (χ1) is 29.7. The third-order valence-electron chi connectivity index (χ3n) is 11.7. The van der Waals surface area contributed by atoms with Crippen molar-refractivity contribution < 1.29 is 0 Å². The molecule has 1 nitrogen and oxygen atoms in total. The quantitative estimate of drug-likeness (QED) is 0.148. The van der Waals surface area contributed by atoms with Gasteiger partial charge in [0.2, 0.25) is 0 Å². The van der Waals surface area contributed by atoms with Gasteiger partial charge in [-0.15, -0.1) is 11.3 Å². The molecular formula is C58H39NS. The van der Waals surface area contributed by atoms with Gasteiger partial charge in [0.25, 0.3) is 0 Å². The van der Waals surface area contributed by atoms with E-state index in [-0.39, 0.29) is 0 Å². The van der Waals surface area contributed by atoms with Gasteiger partial charge in [-0.2, -0.15) is 0 Å². The molecule has 0 amide bonds. The van der Waals surface area contributed by atoms with Gasteiger partial charge in [-0.3, -0.25) is 0 Å². The van der Waals surface area contributed by atoms with E-state index in [4.69, 9.17) is 0 Å². The molecule has 0 unspecified atom stereocenters. The highest BCUT2D eigenvalue weighted by atomic mass is 32.1. The first-order valence-electron chi connectivity index (χ1n) is 20.5. The Balaban J connectivity index is 0.953. The summed E-state index contributed by atoms with van der Waals surface area (Å²) in [6.07, 6.45) is 0. The van der Waals surface area contributed by atoms with Gasteiger partial charge in [0.05, 0.1) is 0 Å². The minimum absolute atomic E-state index is 1.10. The molecule has 0 spiro atoms. The van der Waals surface area contributed by atoms with Gasteiger partial charge in [-0.1, -0.05) is 176 Å². The van der Waals surface area contributed by atoms with Crippen LogP contribution < -0.4 is 4.90 Å². The second-order valence-corrected chi connectivity index (χ2v) is 16.4. The number of thiophene rings is 1. The predicted molar refractivity (Wildman–Crippen MR) is 259 cm³/mol. The summed E-state index contributed by atoms with van der Waals surface area (Å²) in [6.45, 7) is 0. The summed E-state index contributed by atoms with van der Waals surface area (Å²) in [6, 6.07) is 86.1. The molecule has 0 bridgehead atoms. The molecule has 282 valence electrons. The van der Waals surface area contributed by atoms with Gasteiger partial charge < -0.3 is 4.90 Å². The molecule has 0 saturated heterocycles. The monoisotopic (exact) mass is 781 g/mol. The fraction of sp³-hybridized carbons (Fsp3) is 0. The van der Waals surface area contributed by atoms with Crippen LogP contribution in [0.15, 0.2) is 237 Å². The molecule has 11 rings (SSSR count). The van der Waals surface area contributed by atoms with Gasteiger partial charge in [0.15, 0.2) is 0 Å². The maximum Gasteiger partial charge on any atom is 0.0462 e. The summed E-state index contributed by atoms with van der Waals surface area (Å²) in [5.74, 6) is 0. The van der Waals surface area contributed by atoms with Gasteiger partial charge in [0, 0.05) is 37.2 Å². The van der Waals surface area contributed by atoms with Crippen LogP contribution in [0.1, 0.15) is 0 Å². The van der Waals surface area contributed by atoms with Crippen molar-refractivity contribution in [2.75, 3.05) is 4.90 Å². The van der Waals surface area contributed by atoms with Crippen molar-refractivity contribution in [3.05, 3.63) is 237 Å². The standard InChI is InChI=1S/C58H39NS/c1-2-12-40(13-3-1)41-24-31-48(32-25-41)59(49-33-26-42(27-34-49)45-30-37-58-56(39-45)55-21-8-9-23-57(55)60-58)50-35-28-44(29-36-50)52-19-6-7-20-53(52)46-16-10-17-47(38-46)54-22-11-15-43-14-4-5-18-51(43)54/h1-39H. The molecule has 11 aromatic rings. The maximum atomic E-state index is 2.36. The number of rotatable bonds is 8. The first kappa shape index (κ1) is 35.6. The van der Waals surface area contributed by atoms with Crippen molar-refractivity contribution in [1.82, 2.24) is 0 Å². The minimum atomic E-state index is 1.10. The first-order valence-corrected chi connectivity index (χ1v) is 21.3. The van der Waals surface area contributed by atoms with E-state index in [1.807, 2.05) is 11.3 Å². The predicted octanol–water partition coefficient (Wildman–Crippen LogP) is 17.0. The van der Waals surface area contributed by atoms with E-state index in [0.717, 1.165) is 17.1 Å². The Morgan fingerprint density at radius 3 is 1.42 bits per heavy atom. The fourth-order valence-electron chi connectivity index (χ4n) is 8.70. The molecule has 0 aliphatic rings. The minimum Gasteiger partial charge on any atom is -0.311 e. The van der Waals surface area contributed by atoms with Crippen molar-refractivity contribution >= 4 is 59.3 Å². The van der Waals surface area contributed by atoms with Gasteiger partial charge in [-0.05, 0) is 127 Å². The Morgan fingerprint density at radius 1 is 0.250 bits per heavy atom. The van der Waals surface area contributed by atoms with Crippen LogP contribution in [0.3, 0.4) is 0 Å². The van der Waals surface area contributed by atoms with Crippen LogP contribution in [-0.4, -0.2) is 0 Å². The number of nitrogens with zero attached hydrogens (tertiary/aromatic N) is 1. The molecule has 0 N–H and O–H groups in total. The van der Waals surface area contributed by atoms with E-state index >= 15 is 0 Å². The molecule has 60 heavy (non-hydrogen) atoms. The average molecular weight is 782 g/mol. The summed E-state index contributed by atoms with van der Waals surface area (Å²) in [7, 11) is 0. The van der Waals surface area contributed by atoms with Crippen molar-refractivity contribution in [1.29, 1.82) is 0 Å². The van der Waals surface area contributed by atoms with Gasteiger partial charge in [-0.25, -0.2) is 0 Å². The van der Waals surface area contributed by atoms with Crippen LogP contribution in [0, 0.1) is 0 Å². The smallest absolute Gasteiger partial charge is 0.0462 e. The van der Waals surface area contributed by atoms with E-state index in [0.29, 0.717) is 0 Å². The lowest BCUT2D eigenvalue weighted by atomic mass is 9.91. The molecule has 0 saturated carbocycles. The van der Waals surface area contributed by atoms with Crippen LogP contribution in [0.25, 0.3) is 86.6 Å². The number of benzene rings is 10. The van der Waals surface area contributed by atoms with Crippen LogP contribution in [0.5, 0.6) is 0 Å². The molecule has 10 aromatic carbocycles. The Kier molecular flexibility index (Phi) is 9.11. The third-order valence-corrected chi connectivity index (χ3v) is 12.9. The molecule has 0 radical (unpaired) electrons. The molecule has 0 aliphatic carbocycles. The molecule has 0 fully saturated rings. The summed E-state index contributed by atoms with van der Waals surface area (Å²) < 4.78 is 2.65. The van der Waals surface area contributed by atoms with Crippen molar-refractivity contribution in [2.45, 2.75) is 0 Å². The van der Waals surface area contributed by atoms with E-state index in [2.05, 4.69) is 241 Å². The topological polar surface area (TPSA) is 3.24 Å². The average Bonchev–Trinajstić information content (AvgIpc) is 3.71. The van der Waals surface area contributed by atoms with Gasteiger partial charge in [0.1, 0.15) is 0 Å². The summed E-state index contributed by atoms with van der Waals surface area (Å²) in [4.78, 5) is 2.36. The van der Waals surface area contributed by atoms with Crippen molar-refractivity contribution in [2.24, 2.45) is 0 Å².